The van der Waals surface area contributed by atoms with Crippen LogP contribution in [0.4, 0.5) is 10.2 Å². The SMILES string of the molecule is CNc1nc2[nH]c(-c3cc(F)cc(Cl)c3)cc2c2c1ncn2C. The predicted octanol–water partition coefficient (Wildman–Crippen LogP) is 3.95. The van der Waals surface area contributed by atoms with Gasteiger partial charge in [-0.25, -0.2) is 14.4 Å². The number of H-pyrrole nitrogens is 1. The van der Waals surface area contributed by atoms with Crippen molar-refractivity contribution in [2.75, 3.05) is 12.4 Å². The van der Waals surface area contributed by atoms with E-state index in [4.69, 9.17) is 11.6 Å². The maximum absolute atomic E-state index is 13.6. The van der Waals surface area contributed by atoms with Crippen molar-refractivity contribution in [3.63, 3.8) is 0 Å². The molecule has 2 N–H and O–H groups in total. The molecule has 116 valence electrons. The first-order valence-corrected chi connectivity index (χ1v) is 7.42. The quantitative estimate of drug-likeness (QED) is 0.585. The van der Waals surface area contributed by atoms with Gasteiger partial charge in [0, 0.05) is 35.8 Å². The first-order chi connectivity index (χ1) is 11.1. The fraction of sp³-hybridized carbons (Fsp3) is 0.125. The van der Waals surface area contributed by atoms with Crippen LogP contribution in [0, 0.1) is 5.82 Å². The summed E-state index contributed by atoms with van der Waals surface area (Å²) in [5.41, 5.74) is 3.90. The number of pyridine rings is 1. The van der Waals surface area contributed by atoms with Crippen LogP contribution < -0.4 is 5.32 Å². The topological polar surface area (TPSA) is 58.5 Å². The van der Waals surface area contributed by atoms with Gasteiger partial charge in [0.25, 0.3) is 0 Å². The van der Waals surface area contributed by atoms with Gasteiger partial charge in [0.05, 0.1) is 11.8 Å². The Morgan fingerprint density at radius 3 is 2.83 bits per heavy atom. The lowest BCUT2D eigenvalue weighted by Gasteiger charge is -2.02. The fourth-order valence-electron chi connectivity index (χ4n) is 2.84. The number of hydrogen-bond donors (Lipinski definition) is 2. The monoisotopic (exact) mass is 329 g/mol. The highest BCUT2D eigenvalue weighted by Crippen LogP contribution is 2.32. The number of halogens is 2. The van der Waals surface area contributed by atoms with Crippen LogP contribution in [0.15, 0.2) is 30.6 Å². The van der Waals surface area contributed by atoms with Crippen molar-refractivity contribution in [1.82, 2.24) is 19.5 Å². The summed E-state index contributed by atoms with van der Waals surface area (Å²) in [6.45, 7) is 0. The van der Waals surface area contributed by atoms with E-state index in [1.165, 1.54) is 12.1 Å². The van der Waals surface area contributed by atoms with Crippen molar-refractivity contribution in [3.05, 3.63) is 41.4 Å². The van der Waals surface area contributed by atoms with E-state index in [0.29, 0.717) is 22.1 Å². The summed E-state index contributed by atoms with van der Waals surface area (Å²) in [7, 11) is 3.73. The number of fused-ring (bicyclic) bond motifs is 3. The van der Waals surface area contributed by atoms with E-state index in [-0.39, 0.29) is 5.82 Å². The molecule has 0 amide bonds. The first-order valence-electron chi connectivity index (χ1n) is 7.05. The molecular weight excluding hydrogens is 317 g/mol. The predicted molar refractivity (Wildman–Crippen MR) is 90.3 cm³/mol. The number of hydrogen-bond acceptors (Lipinski definition) is 3. The van der Waals surface area contributed by atoms with Crippen LogP contribution in [-0.2, 0) is 7.05 Å². The van der Waals surface area contributed by atoms with Crippen LogP contribution in [0.1, 0.15) is 0 Å². The summed E-state index contributed by atoms with van der Waals surface area (Å²) in [5, 5.41) is 4.33. The molecule has 0 unspecified atom stereocenters. The van der Waals surface area contributed by atoms with E-state index in [0.717, 1.165) is 22.1 Å². The summed E-state index contributed by atoms with van der Waals surface area (Å²) in [5.74, 6) is 0.319. The van der Waals surface area contributed by atoms with Gasteiger partial charge >= 0.3 is 0 Å². The third kappa shape index (κ3) is 2.14. The van der Waals surface area contributed by atoms with E-state index >= 15 is 0 Å². The van der Waals surface area contributed by atoms with E-state index < -0.39 is 0 Å². The van der Waals surface area contributed by atoms with Crippen molar-refractivity contribution in [3.8, 4) is 11.3 Å². The minimum Gasteiger partial charge on any atom is -0.371 e. The highest BCUT2D eigenvalue weighted by molar-refractivity contribution is 6.30. The third-order valence-corrected chi connectivity index (χ3v) is 4.07. The molecule has 0 aliphatic carbocycles. The van der Waals surface area contributed by atoms with Gasteiger partial charge in [-0.1, -0.05) is 11.6 Å². The van der Waals surface area contributed by atoms with E-state index in [9.17, 15) is 4.39 Å². The summed E-state index contributed by atoms with van der Waals surface area (Å²) in [6, 6.07) is 6.38. The average Bonchev–Trinajstić information content (AvgIpc) is 3.09. The van der Waals surface area contributed by atoms with Gasteiger partial charge < -0.3 is 14.9 Å². The molecule has 0 aliphatic rings. The summed E-state index contributed by atoms with van der Waals surface area (Å²) >= 11 is 5.96. The van der Waals surface area contributed by atoms with Crippen LogP contribution in [0.3, 0.4) is 0 Å². The molecule has 23 heavy (non-hydrogen) atoms. The maximum atomic E-state index is 13.6. The van der Waals surface area contributed by atoms with Crippen molar-refractivity contribution in [2.24, 2.45) is 7.05 Å². The Hall–Kier alpha value is -2.60. The lowest BCUT2D eigenvalue weighted by atomic mass is 10.1. The molecule has 7 heteroatoms. The molecule has 3 heterocycles. The van der Waals surface area contributed by atoms with Gasteiger partial charge in [0.15, 0.2) is 5.82 Å². The molecule has 0 aliphatic heterocycles. The highest BCUT2D eigenvalue weighted by atomic mass is 35.5. The Kier molecular flexibility index (Phi) is 3.02. The Labute approximate surface area is 136 Å². The molecule has 0 saturated heterocycles. The fourth-order valence-corrected chi connectivity index (χ4v) is 3.06. The van der Waals surface area contributed by atoms with Crippen LogP contribution >= 0.6 is 11.6 Å². The van der Waals surface area contributed by atoms with Crippen LogP contribution in [0.2, 0.25) is 5.02 Å². The molecule has 5 nitrogen and oxygen atoms in total. The zero-order valence-corrected chi connectivity index (χ0v) is 13.2. The normalized spacial score (nSPS) is 11.5. The Morgan fingerprint density at radius 1 is 1.26 bits per heavy atom. The van der Waals surface area contributed by atoms with Crippen LogP contribution in [0.25, 0.3) is 33.3 Å². The second-order valence-corrected chi connectivity index (χ2v) is 5.80. The van der Waals surface area contributed by atoms with Crippen molar-refractivity contribution >= 4 is 39.5 Å². The molecular formula is C16H13ClFN5. The second kappa shape index (κ2) is 4.96. The van der Waals surface area contributed by atoms with Gasteiger partial charge in [-0.05, 0) is 24.3 Å². The summed E-state index contributed by atoms with van der Waals surface area (Å²) < 4.78 is 15.6. The Bertz CT molecular complexity index is 1030. The van der Waals surface area contributed by atoms with Crippen molar-refractivity contribution in [2.45, 2.75) is 0 Å². The molecule has 0 bridgehead atoms. The Morgan fingerprint density at radius 2 is 2.09 bits per heavy atom. The third-order valence-electron chi connectivity index (χ3n) is 3.85. The highest BCUT2D eigenvalue weighted by Gasteiger charge is 2.15. The maximum Gasteiger partial charge on any atom is 0.156 e. The molecule has 4 aromatic rings. The number of aromatic nitrogens is 4. The molecule has 3 aromatic heterocycles. The van der Waals surface area contributed by atoms with E-state index in [1.54, 1.807) is 19.4 Å². The number of aromatic amines is 1. The number of rotatable bonds is 2. The number of imidazole rings is 1. The minimum absolute atomic E-state index is 0.355. The zero-order chi connectivity index (χ0) is 16.1. The first kappa shape index (κ1) is 14.0. The van der Waals surface area contributed by atoms with E-state index in [1.807, 2.05) is 17.7 Å². The number of anilines is 1. The van der Waals surface area contributed by atoms with Gasteiger partial charge in [0.1, 0.15) is 17.0 Å². The van der Waals surface area contributed by atoms with Gasteiger partial charge in [0.2, 0.25) is 0 Å². The van der Waals surface area contributed by atoms with Crippen molar-refractivity contribution < 1.29 is 4.39 Å². The average molecular weight is 330 g/mol. The molecule has 0 fully saturated rings. The number of nitrogens with one attached hydrogen (secondary N) is 2. The largest absolute Gasteiger partial charge is 0.371 e. The lowest BCUT2D eigenvalue weighted by molar-refractivity contribution is 0.628. The smallest absolute Gasteiger partial charge is 0.156 e. The van der Waals surface area contributed by atoms with Crippen molar-refractivity contribution in [1.29, 1.82) is 0 Å². The minimum atomic E-state index is -0.374. The number of benzene rings is 1. The second-order valence-electron chi connectivity index (χ2n) is 5.37. The van der Waals surface area contributed by atoms with Gasteiger partial charge in [-0.15, -0.1) is 0 Å². The Balaban J connectivity index is 2.04. The molecule has 0 atom stereocenters. The summed E-state index contributed by atoms with van der Waals surface area (Å²) in [4.78, 5) is 12.2. The molecule has 0 saturated carbocycles. The summed E-state index contributed by atoms with van der Waals surface area (Å²) in [6.07, 6.45) is 1.75. The molecule has 0 radical (unpaired) electrons. The molecule has 1 aromatic carbocycles. The standard InChI is InChI=1S/C16H13ClFN5/c1-19-16-13-14(23(2)7-20-13)11-6-12(21-15(11)22-16)8-3-9(17)5-10(18)4-8/h3-7H,1-2H3,(H2,19,21,22). The number of nitrogens with zero attached hydrogens (tertiary/aromatic N) is 3. The molecule has 4 rings (SSSR count). The van der Waals surface area contributed by atoms with Gasteiger partial charge in [-0.2, -0.15) is 0 Å². The lowest BCUT2D eigenvalue weighted by Crippen LogP contribution is -1.95. The number of aryl methyl sites for hydroxylation is 1. The van der Waals surface area contributed by atoms with E-state index in [2.05, 4.69) is 20.3 Å². The van der Waals surface area contributed by atoms with Crippen LogP contribution in [0.5, 0.6) is 0 Å². The van der Waals surface area contributed by atoms with Gasteiger partial charge in [-0.3, -0.25) is 0 Å². The zero-order valence-electron chi connectivity index (χ0n) is 12.5. The van der Waals surface area contributed by atoms with Crippen LogP contribution in [-0.4, -0.2) is 26.6 Å². The molecule has 0 spiro atoms.